The Balaban J connectivity index is 2.30. The van der Waals surface area contributed by atoms with Gasteiger partial charge in [-0.05, 0) is 20.0 Å². The highest BCUT2D eigenvalue weighted by atomic mass is 16.4. The van der Waals surface area contributed by atoms with E-state index in [1.165, 1.54) is 0 Å². The third-order valence-electron chi connectivity index (χ3n) is 3.25. The summed E-state index contributed by atoms with van der Waals surface area (Å²) in [6.45, 7) is 2.20. The number of carboxylic acids is 1. The zero-order valence-electron chi connectivity index (χ0n) is 10.8. The third-order valence-corrected chi connectivity index (χ3v) is 3.25. The molecule has 0 aliphatic carbocycles. The molecule has 1 unspecified atom stereocenters. The van der Waals surface area contributed by atoms with E-state index in [0.717, 1.165) is 16.6 Å². The second-order valence-electron chi connectivity index (χ2n) is 4.52. The highest BCUT2D eigenvalue weighted by molar-refractivity contribution is 5.82. The van der Waals surface area contributed by atoms with Crippen molar-refractivity contribution in [1.82, 2.24) is 14.7 Å². The number of likely N-dealkylation sites (N-methyl/N-ethyl adjacent to an activating group) is 1. The first kappa shape index (κ1) is 12.6. The van der Waals surface area contributed by atoms with Gasteiger partial charge in [0.2, 0.25) is 0 Å². The Labute approximate surface area is 106 Å². The zero-order chi connectivity index (χ0) is 13.3. The van der Waals surface area contributed by atoms with E-state index in [1.54, 1.807) is 18.9 Å². The Morgan fingerprint density at radius 3 is 2.83 bits per heavy atom. The smallest absolute Gasteiger partial charge is 0.320 e. The summed E-state index contributed by atoms with van der Waals surface area (Å²) in [7, 11) is 3.69. The number of rotatable bonds is 4. The van der Waals surface area contributed by atoms with Crippen LogP contribution in [0.2, 0.25) is 0 Å². The second kappa shape index (κ2) is 4.78. The predicted octanol–water partition coefficient (Wildman–Crippen LogP) is 1.48. The molecule has 0 amide bonds. The summed E-state index contributed by atoms with van der Waals surface area (Å²) in [5.41, 5.74) is 1.97. The molecule has 0 fully saturated rings. The van der Waals surface area contributed by atoms with Crippen LogP contribution in [0.3, 0.4) is 0 Å². The van der Waals surface area contributed by atoms with E-state index < -0.39 is 12.0 Å². The maximum absolute atomic E-state index is 10.9. The molecule has 0 saturated carbocycles. The van der Waals surface area contributed by atoms with Crippen molar-refractivity contribution in [3.63, 3.8) is 0 Å². The van der Waals surface area contributed by atoms with Crippen molar-refractivity contribution >= 4 is 16.9 Å². The molecule has 18 heavy (non-hydrogen) atoms. The topological polar surface area (TPSA) is 58.4 Å². The number of hydrogen-bond acceptors (Lipinski definition) is 3. The van der Waals surface area contributed by atoms with Gasteiger partial charge in [0.15, 0.2) is 0 Å². The first-order valence-electron chi connectivity index (χ1n) is 5.84. The van der Waals surface area contributed by atoms with Crippen molar-refractivity contribution in [2.45, 2.75) is 19.5 Å². The molecule has 1 atom stereocenters. The van der Waals surface area contributed by atoms with Crippen molar-refractivity contribution in [2.24, 2.45) is 7.05 Å². The number of fused-ring (bicyclic) bond motifs is 1. The quantitative estimate of drug-likeness (QED) is 0.889. The molecule has 1 heterocycles. The highest BCUT2D eigenvalue weighted by Gasteiger charge is 2.19. The maximum atomic E-state index is 10.9. The van der Waals surface area contributed by atoms with Gasteiger partial charge in [-0.2, -0.15) is 5.10 Å². The lowest BCUT2D eigenvalue weighted by atomic mass is 10.2. The third kappa shape index (κ3) is 2.22. The molecule has 0 radical (unpaired) electrons. The summed E-state index contributed by atoms with van der Waals surface area (Å²) in [5.74, 6) is -0.822. The van der Waals surface area contributed by atoms with Gasteiger partial charge in [0.05, 0.1) is 11.2 Å². The van der Waals surface area contributed by atoms with Gasteiger partial charge in [0, 0.05) is 19.0 Å². The number of aliphatic carboxylic acids is 1. The van der Waals surface area contributed by atoms with Gasteiger partial charge < -0.3 is 5.11 Å². The lowest BCUT2D eigenvalue weighted by Crippen LogP contribution is -2.35. The minimum atomic E-state index is -0.822. The molecule has 1 aromatic heterocycles. The Morgan fingerprint density at radius 1 is 1.50 bits per heavy atom. The minimum Gasteiger partial charge on any atom is -0.480 e. The summed E-state index contributed by atoms with van der Waals surface area (Å²) in [5, 5.41) is 14.5. The van der Waals surface area contributed by atoms with Crippen molar-refractivity contribution in [3.05, 3.63) is 30.0 Å². The van der Waals surface area contributed by atoms with Crippen molar-refractivity contribution in [3.8, 4) is 0 Å². The van der Waals surface area contributed by atoms with Crippen molar-refractivity contribution < 1.29 is 9.90 Å². The van der Waals surface area contributed by atoms with Crippen LogP contribution < -0.4 is 0 Å². The minimum absolute atomic E-state index is 0.522. The number of benzene rings is 1. The van der Waals surface area contributed by atoms with Gasteiger partial charge >= 0.3 is 5.97 Å². The average molecular weight is 247 g/mol. The molecule has 0 aliphatic rings. The van der Waals surface area contributed by atoms with Gasteiger partial charge in [0.1, 0.15) is 6.04 Å². The maximum Gasteiger partial charge on any atom is 0.320 e. The van der Waals surface area contributed by atoms with E-state index in [4.69, 9.17) is 5.11 Å². The fourth-order valence-electron chi connectivity index (χ4n) is 1.97. The molecular weight excluding hydrogens is 230 g/mol. The van der Waals surface area contributed by atoms with Crippen molar-refractivity contribution in [1.29, 1.82) is 0 Å². The van der Waals surface area contributed by atoms with Crippen LogP contribution in [0.5, 0.6) is 0 Å². The molecule has 2 rings (SSSR count). The molecule has 0 saturated heterocycles. The van der Waals surface area contributed by atoms with E-state index in [9.17, 15) is 4.79 Å². The van der Waals surface area contributed by atoms with Crippen LogP contribution in [-0.4, -0.2) is 38.8 Å². The molecule has 2 aromatic rings. The molecular formula is C13H17N3O2. The van der Waals surface area contributed by atoms with Crippen molar-refractivity contribution in [2.75, 3.05) is 7.05 Å². The number of nitrogens with zero attached hydrogens (tertiary/aromatic N) is 3. The number of aryl methyl sites for hydroxylation is 1. The second-order valence-corrected chi connectivity index (χ2v) is 4.52. The van der Waals surface area contributed by atoms with E-state index in [2.05, 4.69) is 5.10 Å². The lowest BCUT2D eigenvalue weighted by molar-refractivity contribution is -0.142. The lowest BCUT2D eigenvalue weighted by Gasteiger charge is -2.19. The van der Waals surface area contributed by atoms with Crippen LogP contribution in [0.1, 0.15) is 12.6 Å². The SMILES string of the molecule is CC(C(=O)O)N(C)Cc1nn(C)c2ccccc12. The number of hydrogen-bond donors (Lipinski definition) is 1. The van der Waals surface area contributed by atoms with Crippen LogP contribution in [0, 0.1) is 0 Å². The largest absolute Gasteiger partial charge is 0.480 e. The van der Waals surface area contributed by atoms with Crippen LogP contribution >= 0.6 is 0 Å². The summed E-state index contributed by atoms with van der Waals surface area (Å²) >= 11 is 0. The van der Waals surface area contributed by atoms with Gasteiger partial charge in [-0.15, -0.1) is 0 Å². The fourth-order valence-corrected chi connectivity index (χ4v) is 1.97. The van der Waals surface area contributed by atoms with E-state index >= 15 is 0 Å². The summed E-state index contributed by atoms with van der Waals surface area (Å²) in [6, 6.07) is 7.43. The van der Waals surface area contributed by atoms with Gasteiger partial charge in [0.25, 0.3) is 0 Å². The van der Waals surface area contributed by atoms with Crippen LogP contribution in [0.15, 0.2) is 24.3 Å². The van der Waals surface area contributed by atoms with Crippen LogP contribution in [0.4, 0.5) is 0 Å². The fraction of sp³-hybridized carbons (Fsp3) is 0.385. The molecule has 1 N–H and O–H groups in total. The van der Waals surface area contributed by atoms with E-state index in [-0.39, 0.29) is 0 Å². The normalized spacial score (nSPS) is 13.1. The number of carboxylic acid groups (broad SMARTS) is 1. The molecule has 1 aromatic carbocycles. The standard InChI is InChI=1S/C13H17N3O2/c1-9(13(17)18)15(2)8-11-10-6-4-5-7-12(10)16(3)14-11/h4-7,9H,8H2,1-3H3,(H,17,18). The Hall–Kier alpha value is -1.88. The summed E-state index contributed by atoms with van der Waals surface area (Å²) in [6.07, 6.45) is 0. The first-order chi connectivity index (χ1) is 8.50. The van der Waals surface area contributed by atoms with Gasteiger partial charge in [-0.1, -0.05) is 18.2 Å². The predicted molar refractivity (Wildman–Crippen MR) is 69.3 cm³/mol. The summed E-state index contributed by atoms with van der Waals surface area (Å²) in [4.78, 5) is 12.7. The molecule has 0 bridgehead atoms. The van der Waals surface area contributed by atoms with Crippen LogP contribution in [0.25, 0.3) is 10.9 Å². The zero-order valence-corrected chi connectivity index (χ0v) is 10.8. The average Bonchev–Trinajstić information content (AvgIpc) is 2.66. The summed E-state index contributed by atoms with van der Waals surface area (Å²) < 4.78 is 1.82. The molecule has 96 valence electrons. The highest BCUT2D eigenvalue weighted by Crippen LogP contribution is 2.19. The molecule has 5 heteroatoms. The number of aromatic nitrogens is 2. The number of carbonyl (C=O) groups is 1. The van der Waals surface area contributed by atoms with E-state index in [1.807, 2.05) is 36.0 Å². The molecule has 0 aliphatic heterocycles. The Kier molecular flexibility index (Phi) is 3.34. The first-order valence-corrected chi connectivity index (χ1v) is 5.84. The molecule has 0 spiro atoms. The van der Waals surface area contributed by atoms with Gasteiger partial charge in [-0.25, -0.2) is 0 Å². The van der Waals surface area contributed by atoms with Crippen LogP contribution in [-0.2, 0) is 18.4 Å². The number of para-hydroxylation sites is 1. The monoisotopic (exact) mass is 247 g/mol. The Bertz CT molecular complexity index is 577. The van der Waals surface area contributed by atoms with Gasteiger partial charge in [-0.3, -0.25) is 14.4 Å². The molecule has 5 nitrogen and oxygen atoms in total. The van der Waals surface area contributed by atoms with E-state index in [0.29, 0.717) is 6.54 Å². The Morgan fingerprint density at radius 2 is 2.17 bits per heavy atom.